The van der Waals surface area contributed by atoms with Crippen molar-refractivity contribution in [2.24, 2.45) is 11.8 Å². The summed E-state index contributed by atoms with van der Waals surface area (Å²) in [5.41, 5.74) is -5.95. The average Bonchev–Trinajstić information content (AvgIpc) is 3.36. The van der Waals surface area contributed by atoms with Gasteiger partial charge in [0.15, 0.2) is 17.7 Å². The standard InChI is InChI=1S/C32H30O14/c1-12-9-16(33)23-26(38)22-19(46-32(23,27(12)39)30(41)43-4)8-6-15(25(22)37)14-5-7-18-21(24(14)36)17(34)11-31(45-18,29(40)42-3)28-13(2)10-20(35)44-28/h5-8,12-13,27-28,36-39H,9-11H2,1-4H3/t12-,13-,27+,28+,31-,32+/m0/s1. The largest absolute Gasteiger partial charge is 0.506 e. The molecule has 3 heterocycles. The number of esters is 3. The highest BCUT2D eigenvalue weighted by Gasteiger charge is 2.63. The summed E-state index contributed by atoms with van der Waals surface area (Å²) in [5, 5.41) is 45.1. The van der Waals surface area contributed by atoms with Gasteiger partial charge in [0.25, 0.3) is 5.60 Å². The third-order valence-corrected chi connectivity index (χ3v) is 9.16. The Labute approximate surface area is 261 Å². The highest BCUT2D eigenvalue weighted by Crippen LogP contribution is 2.54. The number of Topliss-reactive ketones (excluding diaryl/α,β-unsaturated/α-hetero) is 2. The van der Waals surface area contributed by atoms with Crippen molar-refractivity contribution < 1.29 is 68.1 Å². The fraction of sp³-hybridized carbons (Fsp3) is 0.406. The van der Waals surface area contributed by atoms with Gasteiger partial charge < -0.3 is 44.1 Å². The Morgan fingerprint density at radius 1 is 0.804 bits per heavy atom. The summed E-state index contributed by atoms with van der Waals surface area (Å²) < 4.78 is 27.1. The number of methoxy groups -OCH3 is 2. The number of cyclic esters (lactones) is 1. The second-order valence-electron chi connectivity index (χ2n) is 11.9. The summed E-state index contributed by atoms with van der Waals surface area (Å²) in [4.78, 5) is 64.8. The molecule has 4 N–H and O–H groups in total. The minimum atomic E-state index is -2.40. The maximum atomic E-state index is 13.6. The summed E-state index contributed by atoms with van der Waals surface area (Å²) in [6.07, 6.45) is -3.62. The van der Waals surface area contributed by atoms with Gasteiger partial charge in [0.05, 0.1) is 32.6 Å². The van der Waals surface area contributed by atoms with E-state index in [1.807, 2.05) is 0 Å². The first kappa shape index (κ1) is 30.9. The number of fused-ring (bicyclic) bond motifs is 3. The van der Waals surface area contributed by atoms with Crippen LogP contribution in [-0.4, -0.2) is 87.5 Å². The van der Waals surface area contributed by atoms with Gasteiger partial charge in [-0.3, -0.25) is 14.4 Å². The van der Waals surface area contributed by atoms with Crippen molar-refractivity contribution in [2.45, 2.75) is 56.5 Å². The lowest BCUT2D eigenvalue weighted by atomic mass is 9.69. The Morgan fingerprint density at radius 2 is 1.39 bits per heavy atom. The molecule has 2 fully saturated rings. The van der Waals surface area contributed by atoms with Gasteiger partial charge in [0.1, 0.15) is 46.0 Å². The number of aliphatic hydroxyl groups excluding tert-OH is 2. The average molecular weight is 639 g/mol. The molecule has 0 unspecified atom stereocenters. The molecule has 2 aromatic rings. The van der Waals surface area contributed by atoms with Crippen LogP contribution in [-0.2, 0) is 33.4 Å². The van der Waals surface area contributed by atoms with E-state index in [0.29, 0.717) is 0 Å². The van der Waals surface area contributed by atoms with Crippen molar-refractivity contribution in [1.29, 1.82) is 0 Å². The maximum absolute atomic E-state index is 13.6. The van der Waals surface area contributed by atoms with E-state index >= 15 is 0 Å². The predicted octanol–water partition coefficient (Wildman–Crippen LogP) is 2.14. The molecular formula is C32H30O14. The number of ether oxygens (including phenoxy) is 5. The minimum absolute atomic E-state index is 0.00728. The van der Waals surface area contributed by atoms with Crippen LogP contribution in [0.1, 0.15) is 49.0 Å². The summed E-state index contributed by atoms with van der Waals surface area (Å²) in [7, 11) is 2.13. The molecule has 14 nitrogen and oxygen atoms in total. The van der Waals surface area contributed by atoms with Crippen LogP contribution in [0.15, 0.2) is 29.8 Å². The number of carbonyl (C=O) groups excluding carboxylic acids is 5. The quantitative estimate of drug-likeness (QED) is 0.279. The van der Waals surface area contributed by atoms with Gasteiger partial charge in [-0.05, 0) is 30.2 Å². The van der Waals surface area contributed by atoms with Crippen LogP contribution in [0.4, 0.5) is 0 Å². The number of hydrogen-bond acceptors (Lipinski definition) is 14. The van der Waals surface area contributed by atoms with Gasteiger partial charge in [-0.2, -0.15) is 0 Å². The van der Waals surface area contributed by atoms with Crippen molar-refractivity contribution in [3.05, 3.63) is 41.0 Å². The third-order valence-electron chi connectivity index (χ3n) is 9.16. The van der Waals surface area contributed by atoms with Crippen LogP contribution >= 0.6 is 0 Å². The van der Waals surface area contributed by atoms with Gasteiger partial charge in [0.2, 0.25) is 5.60 Å². The van der Waals surface area contributed by atoms with E-state index in [-0.39, 0.29) is 41.0 Å². The zero-order valence-corrected chi connectivity index (χ0v) is 25.1. The summed E-state index contributed by atoms with van der Waals surface area (Å²) in [5.74, 6) is -7.99. The first-order chi connectivity index (χ1) is 21.7. The molecule has 4 aliphatic rings. The number of benzene rings is 2. The Morgan fingerprint density at radius 3 is 1.96 bits per heavy atom. The molecule has 6 atom stereocenters. The van der Waals surface area contributed by atoms with Crippen molar-refractivity contribution in [1.82, 2.24) is 0 Å². The van der Waals surface area contributed by atoms with E-state index in [0.717, 1.165) is 14.2 Å². The number of aromatic hydroxyl groups is 2. The zero-order chi connectivity index (χ0) is 33.5. The molecule has 14 heteroatoms. The maximum Gasteiger partial charge on any atom is 0.358 e. The second kappa shape index (κ2) is 10.5. The molecule has 46 heavy (non-hydrogen) atoms. The van der Waals surface area contributed by atoms with Crippen LogP contribution in [0.2, 0.25) is 0 Å². The van der Waals surface area contributed by atoms with Crippen molar-refractivity contribution in [2.75, 3.05) is 14.2 Å². The van der Waals surface area contributed by atoms with Gasteiger partial charge in [0, 0.05) is 23.5 Å². The van der Waals surface area contributed by atoms with E-state index in [4.69, 9.17) is 23.7 Å². The second-order valence-corrected chi connectivity index (χ2v) is 11.9. The molecule has 1 saturated heterocycles. The molecule has 1 saturated carbocycles. The van der Waals surface area contributed by atoms with Gasteiger partial charge >= 0.3 is 17.9 Å². The molecule has 0 amide bonds. The molecule has 0 aromatic heterocycles. The van der Waals surface area contributed by atoms with E-state index < -0.39 is 99.5 Å². The topological polar surface area (TPSA) is 212 Å². The van der Waals surface area contributed by atoms with Crippen LogP contribution in [0, 0.1) is 11.8 Å². The van der Waals surface area contributed by atoms with Crippen molar-refractivity contribution in [3.63, 3.8) is 0 Å². The van der Waals surface area contributed by atoms with Crippen molar-refractivity contribution >= 4 is 35.2 Å². The Hall–Kier alpha value is -5.11. The first-order valence-corrected chi connectivity index (χ1v) is 14.4. The SMILES string of the molecule is COC(=O)[C@@]12Oc3ccc(-c4ccc5c(c4O)C(=O)C[C@@](C(=O)OC)([C@@H]4OC(=O)C[C@@H]4C)O5)c(O)c3C(O)=C1C(=O)C[C@H](C)[C@H]2O. The minimum Gasteiger partial charge on any atom is -0.506 e. The van der Waals surface area contributed by atoms with E-state index in [2.05, 4.69) is 0 Å². The fourth-order valence-corrected chi connectivity index (χ4v) is 7.00. The van der Waals surface area contributed by atoms with Crippen LogP contribution in [0.3, 0.4) is 0 Å². The monoisotopic (exact) mass is 638 g/mol. The Bertz CT molecular complexity index is 1770. The van der Waals surface area contributed by atoms with Crippen LogP contribution in [0.25, 0.3) is 16.9 Å². The lowest BCUT2D eigenvalue weighted by Crippen LogP contribution is -2.64. The lowest BCUT2D eigenvalue weighted by molar-refractivity contribution is -0.177. The summed E-state index contributed by atoms with van der Waals surface area (Å²) in [6, 6.07) is 5.07. The van der Waals surface area contributed by atoms with Gasteiger partial charge in [-0.25, -0.2) is 9.59 Å². The lowest BCUT2D eigenvalue weighted by Gasteiger charge is -2.45. The Kier molecular flexibility index (Phi) is 7.04. The number of phenolic OH excluding ortho intramolecular Hbond substituents is 2. The predicted molar refractivity (Wildman–Crippen MR) is 153 cm³/mol. The number of ketones is 2. The highest BCUT2D eigenvalue weighted by molar-refractivity contribution is 6.13. The summed E-state index contributed by atoms with van der Waals surface area (Å²) in [6.45, 7) is 3.19. The molecule has 1 aliphatic carbocycles. The van der Waals surface area contributed by atoms with Gasteiger partial charge in [-0.1, -0.05) is 13.8 Å². The number of aliphatic hydroxyl groups is 2. The molecule has 3 aliphatic heterocycles. The van der Waals surface area contributed by atoms with Crippen molar-refractivity contribution in [3.8, 4) is 34.1 Å². The fourth-order valence-electron chi connectivity index (χ4n) is 7.00. The highest BCUT2D eigenvalue weighted by atomic mass is 16.6. The molecular weight excluding hydrogens is 608 g/mol. The zero-order valence-electron chi connectivity index (χ0n) is 25.1. The number of hydrogen-bond donors (Lipinski definition) is 4. The molecule has 242 valence electrons. The Balaban J connectivity index is 1.47. The third kappa shape index (κ3) is 4.02. The van der Waals surface area contributed by atoms with E-state index in [1.54, 1.807) is 6.92 Å². The van der Waals surface area contributed by atoms with Crippen LogP contribution < -0.4 is 9.47 Å². The summed E-state index contributed by atoms with van der Waals surface area (Å²) >= 11 is 0. The number of phenols is 2. The molecule has 0 bridgehead atoms. The smallest absolute Gasteiger partial charge is 0.358 e. The van der Waals surface area contributed by atoms with Crippen LogP contribution in [0.5, 0.6) is 23.0 Å². The van der Waals surface area contributed by atoms with Gasteiger partial charge in [-0.15, -0.1) is 0 Å². The first-order valence-electron chi connectivity index (χ1n) is 14.4. The molecule has 6 rings (SSSR count). The normalized spacial score (nSPS) is 29.9. The molecule has 2 aromatic carbocycles. The van der Waals surface area contributed by atoms with E-state index in [9.17, 15) is 44.4 Å². The number of carbonyl (C=O) groups is 5. The number of rotatable bonds is 4. The van der Waals surface area contributed by atoms with E-state index in [1.165, 1.54) is 31.2 Å². The molecule has 0 radical (unpaired) electrons. The molecule has 0 spiro atoms.